The number of rotatable bonds is 9. The first-order valence-electron chi connectivity index (χ1n) is 9.21. The zero-order chi connectivity index (χ0) is 16.5. The number of piperazine rings is 1. The van der Waals surface area contributed by atoms with Crippen molar-refractivity contribution in [3.63, 3.8) is 0 Å². The van der Waals surface area contributed by atoms with Gasteiger partial charge in [-0.05, 0) is 24.0 Å². The van der Waals surface area contributed by atoms with Crippen LogP contribution in [0.15, 0.2) is 18.3 Å². The van der Waals surface area contributed by atoms with Gasteiger partial charge in [0.05, 0.1) is 6.61 Å². The molecule has 0 N–H and O–H groups in total. The van der Waals surface area contributed by atoms with Gasteiger partial charge in [-0.3, -0.25) is 4.90 Å². The molecule has 1 saturated heterocycles. The van der Waals surface area contributed by atoms with E-state index in [1.807, 2.05) is 6.20 Å². The van der Waals surface area contributed by atoms with Gasteiger partial charge in [-0.25, -0.2) is 4.98 Å². The van der Waals surface area contributed by atoms with Crippen LogP contribution in [0.4, 0.5) is 5.82 Å². The summed E-state index contributed by atoms with van der Waals surface area (Å²) < 4.78 is 5.72. The maximum atomic E-state index is 5.72. The summed E-state index contributed by atoms with van der Waals surface area (Å²) in [5, 5.41) is 0. The van der Waals surface area contributed by atoms with Gasteiger partial charge in [0, 0.05) is 45.5 Å². The van der Waals surface area contributed by atoms with Gasteiger partial charge in [-0.1, -0.05) is 39.7 Å². The van der Waals surface area contributed by atoms with E-state index in [1.165, 1.54) is 24.8 Å². The van der Waals surface area contributed by atoms with Crippen LogP contribution in [0.2, 0.25) is 0 Å². The summed E-state index contributed by atoms with van der Waals surface area (Å²) in [6.45, 7) is 13.8. The maximum Gasteiger partial charge on any atom is 0.128 e. The van der Waals surface area contributed by atoms with E-state index in [-0.39, 0.29) is 0 Å². The summed E-state index contributed by atoms with van der Waals surface area (Å²) >= 11 is 0. The summed E-state index contributed by atoms with van der Waals surface area (Å²) in [6.07, 6.45) is 5.76. The van der Waals surface area contributed by atoms with Gasteiger partial charge in [-0.2, -0.15) is 0 Å². The Morgan fingerprint density at radius 2 is 1.87 bits per heavy atom. The number of unbranched alkanes of at least 4 members (excludes halogenated alkanes) is 2. The Morgan fingerprint density at radius 1 is 1.09 bits per heavy atom. The van der Waals surface area contributed by atoms with Crippen molar-refractivity contribution in [2.75, 3.05) is 50.8 Å². The molecular formula is C19H33N3O. The number of hydrogen-bond acceptors (Lipinski definition) is 4. The van der Waals surface area contributed by atoms with Crippen molar-refractivity contribution >= 4 is 5.82 Å². The second-order valence-corrected chi connectivity index (χ2v) is 6.75. The van der Waals surface area contributed by atoms with Crippen molar-refractivity contribution < 1.29 is 4.74 Å². The van der Waals surface area contributed by atoms with Gasteiger partial charge in [0.15, 0.2) is 0 Å². The van der Waals surface area contributed by atoms with Crippen LogP contribution in [0.5, 0.6) is 0 Å². The van der Waals surface area contributed by atoms with Gasteiger partial charge < -0.3 is 9.64 Å². The predicted octanol–water partition coefficient (Wildman–Crippen LogP) is 3.53. The molecule has 4 heteroatoms. The smallest absolute Gasteiger partial charge is 0.128 e. The van der Waals surface area contributed by atoms with Crippen LogP contribution in [0.3, 0.4) is 0 Å². The number of anilines is 1. The van der Waals surface area contributed by atoms with E-state index in [1.54, 1.807) is 0 Å². The monoisotopic (exact) mass is 319 g/mol. The van der Waals surface area contributed by atoms with Crippen LogP contribution >= 0.6 is 0 Å². The summed E-state index contributed by atoms with van der Waals surface area (Å²) in [4.78, 5) is 9.53. The van der Waals surface area contributed by atoms with Crippen LogP contribution in [0.25, 0.3) is 0 Å². The Bertz CT molecular complexity index is 425. The lowest BCUT2D eigenvalue weighted by Gasteiger charge is -2.35. The molecule has 2 heterocycles. The summed E-state index contributed by atoms with van der Waals surface area (Å²) in [6, 6.07) is 4.38. The number of hydrogen-bond donors (Lipinski definition) is 0. The second kappa shape index (κ2) is 9.89. The molecule has 0 atom stereocenters. The topological polar surface area (TPSA) is 28.6 Å². The summed E-state index contributed by atoms with van der Waals surface area (Å²) in [5.74, 6) is 1.66. The van der Waals surface area contributed by atoms with Crippen LogP contribution in [0, 0.1) is 0 Å². The molecule has 1 aromatic rings. The summed E-state index contributed by atoms with van der Waals surface area (Å²) in [5.41, 5.74) is 1.31. The lowest BCUT2D eigenvalue weighted by molar-refractivity contribution is 0.0987. The average Bonchev–Trinajstić information content (AvgIpc) is 2.58. The molecule has 1 aliphatic rings. The van der Waals surface area contributed by atoms with E-state index in [4.69, 9.17) is 4.74 Å². The van der Waals surface area contributed by atoms with Crippen molar-refractivity contribution in [2.45, 2.75) is 46.0 Å². The number of nitrogens with zero attached hydrogens (tertiary/aromatic N) is 3. The minimum absolute atomic E-state index is 0.547. The van der Waals surface area contributed by atoms with Crippen molar-refractivity contribution in [3.8, 4) is 0 Å². The van der Waals surface area contributed by atoms with E-state index < -0.39 is 0 Å². The third-order valence-electron chi connectivity index (χ3n) is 4.58. The van der Waals surface area contributed by atoms with Crippen molar-refractivity contribution in [2.24, 2.45) is 0 Å². The largest absolute Gasteiger partial charge is 0.380 e. The molecule has 0 bridgehead atoms. The van der Waals surface area contributed by atoms with E-state index in [0.717, 1.165) is 51.8 Å². The second-order valence-electron chi connectivity index (χ2n) is 6.75. The quantitative estimate of drug-likeness (QED) is 0.651. The number of ether oxygens (including phenoxy) is 1. The lowest BCUT2D eigenvalue weighted by Crippen LogP contribution is -2.47. The zero-order valence-electron chi connectivity index (χ0n) is 15.1. The van der Waals surface area contributed by atoms with E-state index in [9.17, 15) is 0 Å². The van der Waals surface area contributed by atoms with E-state index in [0.29, 0.717) is 5.92 Å². The molecule has 0 radical (unpaired) electrons. The van der Waals surface area contributed by atoms with Crippen molar-refractivity contribution in [3.05, 3.63) is 23.9 Å². The number of aromatic nitrogens is 1. The Hall–Kier alpha value is -1.13. The van der Waals surface area contributed by atoms with E-state index in [2.05, 4.69) is 47.7 Å². The summed E-state index contributed by atoms with van der Waals surface area (Å²) in [7, 11) is 0. The minimum atomic E-state index is 0.547. The molecule has 0 spiro atoms. The normalized spacial score (nSPS) is 16.3. The average molecular weight is 319 g/mol. The highest BCUT2D eigenvalue weighted by Crippen LogP contribution is 2.18. The Morgan fingerprint density at radius 3 is 2.48 bits per heavy atom. The molecule has 2 rings (SSSR count). The highest BCUT2D eigenvalue weighted by Gasteiger charge is 2.17. The molecule has 1 fully saturated rings. The molecule has 1 aliphatic heterocycles. The van der Waals surface area contributed by atoms with Crippen LogP contribution in [-0.2, 0) is 4.74 Å². The number of pyridine rings is 1. The Labute approximate surface area is 141 Å². The molecule has 0 aliphatic carbocycles. The molecule has 0 unspecified atom stereocenters. The van der Waals surface area contributed by atoms with Crippen molar-refractivity contribution in [1.29, 1.82) is 0 Å². The van der Waals surface area contributed by atoms with E-state index >= 15 is 0 Å². The third-order valence-corrected chi connectivity index (χ3v) is 4.58. The molecule has 0 amide bonds. The van der Waals surface area contributed by atoms with Gasteiger partial charge in [0.25, 0.3) is 0 Å². The van der Waals surface area contributed by atoms with Gasteiger partial charge in [0.1, 0.15) is 5.82 Å². The molecule has 1 aromatic heterocycles. The SMILES string of the molecule is CCCCCOCCN1CCN(c2ccc(C(C)C)cn2)CC1. The maximum absolute atomic E-state index is 5.72. The fraction of sp³-hybridized carbons (Fsp3) is 0.737. The third kappa shape index (κ3) is 6.11. The molecule has 23 heavy (non-hydrogen) atoms. The highest BCUT2D eigenvalue weighted by molar-refractivity contribution is 5.40. The van der Waals surface area contributed by atoms with Crippen LogP contribution in [0.1, 0.15) is 51.5 Å². The first kappa shape index (κ1) is 18.2. The minimum Gasteiger partial charge on any atom is -0.380 e. The fourth-order valence-electron chi connectivity index (χ4n) is 2.88. The van der Waals surface area contributed by atoms with Crippen LogP contribution in [-0.4, -0.2) is 55.8 Å². The first-order chi connectivity index (χ1) is 11.2. The Kier molecular flexibility index (Phi) is 7.83. The van der Waals surface area contributed by atoms with Gasteiger partial charge in [0.2, 0.25) is 0 Å². The first-order valence-corrected chi connectivity index (χ1v) is 9.21. The Balaban J connectivity index is 1.65. The fourth-order valence-corrected chi connectivity index (χ4v) is 2.88. The zero-order valence-corrected chi connectivity index (χ0v) is 15.1. The molecular weight excluding hydrogens is 286 g/mol. The molecule has 0 aromatic carbocycles. The lowest BCUT2D eigenvalue weighted by atomic mass is 10.1. The van der Waals surface area contributed by atoms with Gasteiger partial charge >= 0.3 is 0 Å². The molecule has 4 nitrogen and oxygen atoms in total. The van der Waals surface area contributed by atoms with Crippen LogP contribution < -0.4 is 4.90 Å². The highest BCUT2D eigenvalue weighted by atomic mass is 16.5. The van der Waals surface area contributed by atoms with Crippen molar-refractivity contribution in [1.82, 2.24) is 9.88 Å². The van der Waals surface area contributed by atoms with Gasteiger partial charge in [-0.15, -0.1) is 0 Å². The molecule has 130 valence electrons. The predicted molar refractivity (Wildman–Crippen MR) is 97.3 cm³/mol. The standard InChI is InChI=1S/C19H33N3O/c1-4-5-6-14-23-15-13-21-9-11-22(12-10-21)19-8-7-18(16-20-19)17(2)3/h7-8,16-17H,4-6,9-15H2,1-3H3. The molecule has 0 saturated carbocycles.